The third kappa shape index (κ3) is 4.47. The van der Waals surface area contributed by atoms with Crippen molar-refractivity contribution in [2.45, 2.75) is 19.3 Å². The van der Waals surface area contributed by atoms with Crippen molar-refractivity contribution in [1.82, 2.24) is 14.9 Å². The fourth-order valence-corrected chi connectivity index (χ4v) is 4.56. The summed E-state index contributed by atoms with van der Waals surface area (Å²) >= 11 is 5.14. The number of hydrogen-bond donors (Lipinski definition) is 0. The zero-order chi connectivity index (χ0) is 18.6. The van der Waals surface area contributed by atoms with Crippen LogP contribution in [0.5, 0.6) is 0 Å². The third-order valence-corrected chi connectivity index (χ3v) is 6.35. The van der Waals surface area contributed by atoms with Crippen LogP contribution >= 0.6 is 27.3 Å². The molecule has 3 aromatic rings. The fraction of sp³-hybridized carbons (Fsp3) is 0.350. The summed E-state index contributed by atoms with van der Waals surface area (Å²) in [5.74, 6) is 1.22. The molecule has 1 aliphatic rings. The molecule has 1 saturated heterocycles. The Hall–Kier alpha value is -1.99. The molecule has 0 aliphatic carbocycles. The van der Waals surface area contributed by atoms with E-state index in [4.69, 9.17) is 0 Å². The van der Waals surface area contributed by atoms with E-state index >= 15 is 0 Å². The molecule has 7 heteroatoms. The Morgan fingerprint density at radius 1 is 1.11 bits per heavy atom. The van der Waals surface area contributed by atoms with E-state index in [1.54, 1.807) is 11.3 Å². The molecule has 4 rings (SSSR count). The van der Waals surface area contributed by atoms with Crippen LogP contribution in [0.2, 0.25) is 0 Å². The van der Waals surface area contributed by atoms with Crippen LogP contribution in [-0.4, -0.2) is 47.0 Å². The minimum absolute atomic E-state index is 0.250. The van der Waals surface area contributed by atoms with Crippen molar-refractivity contribution in [2.75, 3.05) is 31.1 Å². The zero-order valence-corrected chi connectivity index (χ0v) is 17.4. The Kier molecular flexibility index (Phi) is 5.69. The lowest BCUT2D eigenvalue weighted by atomic mass is 10.2. The van der Waals surface area contributed by atoms with Gasteiger partial charge < -0.3 is 9.80 Å². The molecule has 0 bridgehead atoms. The maximum Gasteiger partial charge on any atom is 0.222 e. The molecule has 0 radical (unpaired) electrons. The average molecular weight is 445 g/mol. The van der Waals surface area contributed by atoms with E-state index in [2.05, 4.69) is 36.9 Å². The van der Waals surface area contributed by atoms with Crippen molar-refractivity contribution in [3.05, 3.63) is 52.1 Å². The van der Waals surface area contributed by atoms with E-state index in [0.717, 1.165) is 59.8 Å². The molecular formula is C20H21BrN4OS. The highest BCUT2D eigenvalue weighted by molar-refractivity contribution is 9.10. The number of halogens is 1. The topological polar surface area (TPSA) is 49.3 Å². The van der Waals surface area contributed by atoms with Crippen molar-refractivity contribution in [2.24, 2.45) is 0 Å². The maximum absolute atomic E-state index is 12.5. The van der Waals surface area contributed by atoms with Gasteiger partial charge in [0.2, 0.25) is 5.91 Å². The summed E-state index contributed by atoms with van der Waals surface area (Å²) in [5, 5.41) is 1.12. The monoisotopic (exact) mass is 444 g/mol. The van der Waals surface area contributed by atoms with E-state index in [-0.39, 0.29) is 5.91 Å². The van der Waals surface area contributed by atoms with Gasteiger partial charge in [-0.05, 0) is 53.0 Å². The quantitative estimate of drug-likeness (QED) is 0.593. The summed E-state index contributed by atoms with van der Waals surface area (Å²) in [7, 11) is 0. The largest absolute Gasteiger partial charge is 0.353 e. The van der Waals surface area contributed by atoms with Crippen molar-refractivity contribution in [1.29, 1.82) is 0 Å². The number of benzene rings is 1. The molecule has 2 aromatic heterocycles. The molecule has 0 saturated carbocycles. The van der Waals surface area contributed by atoms with E-state index < -0.39 is 0 Å². The Bertz CT molecular complexity index is 886. The normalized spacial score (nSPS) is 14.7. The predicted octanol–water partition coefficient (Wildman–Crippen LogP) is 4.13. The number of fused-ring (bicyclic) bond motifs is 1. The standard InChI is InChI=1S/C20H21BrN4OS/c21-15-8-9-18(22-14-15)24-10-12-25(13-11-24)20(26)7-3-6-19-23-16-4-1-2-5-17(16)27-19/h1-2,4-5,8-9,14H,3,6-7,10-13H2. The van der Waals surface area contributed by atoms with Crippen molar-refractivity contribution in [3.8, 4) is 0 Å². The fourth-order valence-electron chi connectivity index (χ4n) is 3.32. The first-order valence-corrected chi connectivity index (χ1v) is 10.8. The van der Waals surface area contributed by atoms with Crippen LogP contribution in [0.15, 0.2) is 47.1 Å². The molecule has 1 aromatic carbocycles. The van der Waals surface area contributed by atoms with E-state index in [0.29, 0.717) is 6.42 Å². The highest BCUT2D eigenvalue weighted by Gasteiger charge is 2.21. The van der Waals surface area contributed by atoms with Gasteiger partial charge in [-0.1, -0.05) is 12.1 Å². The van der Waals surface area contributed by atoms with Crippen molar-refractivity contribution in [3.63, 3.8) is 0 Å². The molecule has 1 amide bonds. The molecule has 0 N–H and O–H groups in total. The lowest BCUT2D eigenvalue weighted by Crippen LogP contribution is -2.49. The van der Waals surface area contributed by atoms with Crippen LogP contribution in [0, 0.1) is 0 Å². The highest BCUT2D eigenvalue weighted by Crippen LogP contribution is 2.23. The molecule has 0 spiro atoms. The summed E-state index contributed by atoms with van der Waals surface area (Å²) in [6.07, 6.45) is 4.13. The number of rotatable bonds is 5. The van der Waals surface area contributed by atoms with Crippen LogP contribution in [0.1, 0.15) is 17.8 Å². The number of piperazine rings is 1. The lowest BCUT2D eigenvalue weighted by Gasteiger charge is -2.35. The number of hydrogen-bond acceptors (Lipinski definition) is 5. The van der Waals surface area contributed by atoms with Gasteiger partial charge >= 0.3 is 0 Å². The Labute approximate surface area is 171 Å². The van der Waals surface area contributed by atoms with Crippen LogP contribution in [-0.2, 0) is 11.2 Å². The van der Waals surface area contributed by atoms with Gasteiger partial charge in [-0.3, -0.25) is 4.79 Å². The Morgan fingerprint density at radius 3 is 2.67 bits per heavy atom. The second kappa shape index (κ2) is 8.35. The number of nitrogens with zero attached hydrogens (tertiary/aromatic N) is 4. The first-order chi connectivity index (χ1) is 13.2. The molecular weight excluding hydrogens is 424 g/mol. The summed E-state index contributed by atoms with van der Waals surface area (Å²) in [4.78, 5) is 25.8. The summed E-state index contributed by atoms with van der Waals surface area (Å²) in [5.41, 5.74) is 1.06. The number of carbonyl (C=O) groups excluding carboxylic acids is 1. The molecule has 0 atom stereocenters. The number of aryl methyl sites for hydroxylation is 1. The number of thiazole rings is 1. The number of anilines is 1. The predicted molar refractivity (Wildman–Crippen MR) is 113 cm³/mol. The molecule has 1 aliphatic heterocycles. The molecule has 27 heavy (non-hydrogen) atoms. The van der Waals surface area contributed by atoms with Gasteiger partial charge in [-0.15, -0.1) is 11.3 Å². The van der Waals surface area contributed by atoms with Gasteiger partial charge in [0.15, 0.2) is 0 Å². The minimum Gasteiger partial charge on any atom is -0.353 e. The van der Waals surface area contributed by atoms with E-state index in [1.165, 1.54) is 4.70 Å². The molecule has 3 heterocycles. The number of carbonyl (C=O) groups is 1. The van der Waals surface area contributed by atoms with E-state index in [9.17, 15) is 4.79 Å². The van der Waals surface area contributed by atoms with E-state index in [1.807, 2.05) is 41.4 Å². The maximum atomic E-state index is 12.5. The van der Waals surface area contributed by atoms with Gasteiger partial charge in [0, 0.05) is 43.3 Å². The number of pyridine rings is 1. The number of amides is 1. The second-order valence-corrected chi connectivity index (χ2v) is 8.66. The first kappa shape index (κ1) is 18.4. The van der Waals surface area contributed by atoms with Crippen LogP contribution in [0.25, 0.3) is 10.2 Å². The third-order valence-electron chi connectivity index (χ3n) is 4.79. The summed E-state index contributed by atoms with van der Waals surface area (Å²) < 4.78 is 2.20. The second-order valence-electron chi connectivity index (χ2n) is 6.63. The average Bonchev–Trinajstić information content (AvgIpc) is 3.11. The van der Waals surface area contributed by atoms with Crippen LogP contribution in [0.4, 0.5) is 5.82 Å². The summed E-state index contributed by atoms with van der Waals surface area (Å²) in [6.45, 7) is 3.19. The zero-order valence-electron chi connectivity index (χ0n) is 15.0. The Balaban J connectivity index is 1.24. The lowest BCUT2D eigenvalue weighted by molar-refractivity contribution is -0.131. The Morgan fingerprint density at radius 2 is 1.93 bits per heavy atom. The molecule has 5 nitrogen and oxygen atoms in total. The van der Waals surface area contributed by atoms with Crippen molar-refractivity contribution < 1.29 is 4.79 Å². The van der Waals surface area contributed by atoms with Crippen LogP contribution in [0.3, 0.4) is 0 Å². The van der Waals surface area contributed by atoms with Gasteiger partial charge in [-0.2, -0.15) is 0 Å². The van der Waals surface area contributed by atoms with Gasteiger partial charge in [0.1, 0.15) is 5.82 Å². The number of aromatic nitrogens is 2. The minimum atomic E-state index is 0.250. The van der Waals surface area contributed by atoms with Gasteiger partial charge in [0.25, 0.3) is 0 Å². The molecule has 140 valence electrons. The number of para-hydroxylation sites is 1. The van der Waals surface area contributed by atoms with Crippen LogP contribution < -0.4 is 4.90 Å². The summed E-state index contributed by atoms with van der Waals surface area (Å²) in [6, 6.07) is 12.2. The SMILES string of the molecule is O=C(CCCc1nc2ccccc2s1)N1CCN(c2ccc(Br)cn2)CC1. The molecule has 1 fully saturated rings. The van der Waals surface area contributed by atoms with Crippen molar-refractivity contribution >= 4 is 49.2 Å². The van der Waals surface area contributed by atoms with Gasteiger partial charge in [-0.25, -0.2) is 9.97 Å². The highest BCUT2D eigenvalue weighted by atomic mass is 79.9. The molecule has 0 unspecified atom stereocenters. The van der Waals surface area contributed by atoms with Gasteiger partial charge in [0.05, 0.1) is 15.2 Å². The first-order valence-electron chi connectivity index (χ1n) is 9.18. The smallest absolute Gasteiger partial charge is 0.222 e.